The van der Waals surface area contributed by atoms with E-state index in [9.17, 15) is 8.42 Å². The van der Waals surface area contributed by atoms with Crippen LogP contribution in [0.15, 0.2) is 29.2 Å². The van der Waals surface area contributed by atoms with Gasteiger partial charge in [0.25, 0.3) is 10.1 Å². The van der Waals surface area contributed by atoms with Crippen LogP contribution in [0, 0.1) is 0 Å². The van der Waals surface area contributed by atoms with Crippen molar-refractivity contribution < 1.29 is 22.8 Å². The zero-order chi connectivity index (χ0) is 23.8. The average Bonchev–Trinajstić information content (AvgIpc) is 2.72. The number of ether oxygens (including phenoxy) is 1. The van der Waals surface area contributed by atoms with Gasteiger partial charge in [0.15, 0.2) is 6.29 Å². The van der Waals surface area contributed by atoms with E-state index in [1.165, 1.54) is 82.6 Å². The fourth-order valence-corrected chi connectivity index (χ4v) is 10.2. The molecule has 31 heavy (non-hydrogen) atoms. The second-order valence-electron chi connectivity index (χ2n) is 8.58. The molecule has 0 heterocycles. The summed E-state index contributed by atoms with van der Waals surface area (Å²) in [5.74, 6) is 0.326. The summed E-state index contributed by atoms with van der Waals surface area (Å²) in [6.45, 7) is 10.9. The maximum absolute atomic E-state index is 10.6. The molecule has 0 saturated heterocycles. The van der Waals surface area contributed by atoms with Gasteiger partial charge in [0.1, 0.15) is 5.75 Å². The van der Waals surface area contributed by atoms with E-state index in [2.05, 4.69) is 27.7 Å². The number of hydrogen-bond acceptors (Lipinski definition) is 4. The summed E-state index contributed by atoms with van der Waals surface area (Å²) in [5.41, 5.74) is 0. The van der Waals surface area contributed by atoms with Crippen LogP contribution in [0.5, 0.6) is 5.75 Å². The first kappa shape index (κ1) is 30.3. The van der Waals surface area contributed by atoms with Crippen molar-refractivity contribution >= 4 is 17.4 Å². The Kier molecular flexibility index (Phi) is 16.5. The molecule has 1 unspecified atom stereocenters. The Labute approximate surface area is 192 Å². The quantitative estimate of drug-likeness (QED) is 0.169. The van der Waals surface area contributed by atoms with Gasteiger partial charge in [0.2, 0.25) is 0 Å². The predicted octanol–water partition coefficient (Wildman–Crippen LogP) is 6.59. The van der Waals surface area contributed by atoms with Crippen molar-refractivity contribution in [2.24, 2.45) is 0 Å². The standard InChI is InChI=1S/C16H37P.C8H10O5S/c1-5-9-13-17(14-10-6-2,15-11-7-3)16-12-8-4;1-6(9)13-7-2-4-8(5-3-7)14(10,11)12/h17H,5-16H2,1-4H3;2-6,9H,1H3,(H,10,11,12). The topological polar surface area (TPSA) is 83.8 Å². The van der Waals surface area contributed by atoms with E-state index in [0.29, 0.717) is 5.75 Å². The van der Waals surface area contributed by atoms with Crippen LogP contribution in [0.2, 0.25) is 0 Å². The molecular formula is C24H47O5PS. The van der Waals surface area contributed by atoms with E-state index in [4.69, 9.17) is 14.4 Å². The van der Waals surface area contributed by atoms with Crippen LogP contribution >= 0.6 is 7.26 Å². The number of hydrogen-bond donors (Lipinski definition) is 2. The predicted molar refractivity (Wildman–Crippen MR) is 136 cm³/mol. The molecule has 0 aliphatic carbocycles. The van der Waals surface area contributed by atoms with Crippen LogP contribution in [0.3, 0.4) is 0 Å². The number of benzene rings is 1. The molecule has 1 rings (SSSR count). The van der Waals surface area contributed by atoms with E-state index < -0.39 is 23.7 Å². The van der Waals surface area contributed by atoms with Gasteiger partial charge >= 0.3 is 111 Å². The zero-order valence-corrected chi connectivity index (χ0v) is 22.2. The molecule has 0 fully saturated rings. The van der Waals surface area contributed by atoms with E-state index in [1.807, 2.05) is 0 Å². The van der Waals surface area contributed by atoms with Crippen LogP contribution in [-0.4, -0.2) is 49.0 Å². The van der Waals surface area contributed by atoms with E-state index in [1.54, 1.807) is 24.6 Å². The number of aliphatic hydroxyl groups excluding tert-OH is 1. The van der Waals surface area contributed by atoms with Gasteiger partial charge in [-0.25, -0.2) is 0 Å². The number of aliphatic hydroxyl groups is 1. The Bertz CT molecular complexity index is 622. The molecule has 0 radical (unpaired) electrons. The second-order valence-corrected chi connectivity index (χ2v) is 15.0. The Hall–Kier alpha value is -0.680. The summed E-state index contributed by atoms with van der Waals surface area (Å²) < 4.78 is 34.8. The molecule has 0 spiro atoms. The summed E-state index contributed by atoms with van der Waals surface area (Å²) in [7, 11) is -5.05. The normalized spacial score (nSPS) is 13.3. The molecule has 7 heteroatoms. The third-order valence-electron chi connectivity index (χ3n) is 5.67. The Morgan fingerprint density at radius 1 is 0.806 bits per heavy atom. The fourth-order valence-electron chi connectivity index (χ4n) is 3.84. The summed E-state index contributed by atoms with van der Waals surface area (Å²) in [6, 6.07) is 5.06. The Morgan fingerprint density at radius 2 is 1.16 bits per heavy atom. The minimum atomic E-state index is -4.17. The van der Waals surface area contributed by atoms with Gasteiger partial charge in [0, 0.05) is 0 Å². The van der Waals surface area contributed by atoms with Crippen LogP contribution < -0.4 is 4.74 Å². The Balaban J connectivity index is 0.000000590. The molecule has 0 amide bonds. The summed E-state index contributed by atoms with van der Waals surface area (Å²) >= 11 is 0. The third kappa shape index (κ3) is 14.2. The zero-order valence-electron chi connectivity index (χ0n) is 20.4. The SMILES string of the molecule is CC(O)Oc1ccc(S(=O)(=O)O)cc1.CCCC[PH](CCCC)(CCCC)CCCC. The maximum atomic E-state index is 10.6. The molecular weight excluding hydrogens is 431 g/mol. The van der Waals surface area contributed by atoms with E-state index in [-0.39, 0.29) is 4.90 Å². The van der Waals surface area contributed by atoms with Gasteiger partial charge in [-0.3, -0.25) is 4.55 Å². The molecule has 0 aliphatic rings. The molecule has 0 aliphatic heterocycles. The molecule has 0 saturated carbocycles. The minimum absolute atomic E-state index is 0.213. The molecule has 1 aromatic rings. The monoisotopic (exact) mass is 478 g/mol. The van der Waals surface area contributed by atoms with Gasteiger partial charge in [0.05, 0.1) is 4.90 Å². The van der Waals surface area contributed by atoms with Gasteiger partial charge in [-0.1, -0.05) is 0 Å². The molecule has 1 atom stereocenters. The van der Waals surface area contributed by atoms with Crippen molar-refractivity contribution in [1.82, 2.24) is 0 Å². The average molecular weight is 479 g/mol. The van der Waals surface area contributed by atoms with Gasteiger partial charge < -0.3 is 9.84 Å². The van der Waals surface area contributed by atoms with Gasteiger partial charge in [-0.15, -0.1) is 0 Å². The van der Waals surface area contributed by atoms with Crippen LogP contribution in [0.4, 0.5) is 0 Å². The Morgan fingerprint density at radius 3 is 1.42 bits per heavy atom. The third-order valence-corrected chi connectivity index (χ3v) is 12.2. The van der Waals surface area contributed by atoms with E-state index >= 15 is 0 Å². The second kappa shape index (κ2) is 16.9. The van der Waals surface area contributed by atoms with Crippen molar-refractivity contribution in [3.05, 3.63) is 24.3 Å². The summed E-state index contributed by atoms with van der Waals surface area (Å²) in [5, 5.41) is 8.85. The molecule has 184 valence electrons. The van der Waals surface area contributed by atoms with Crippen molar-refractivity contribution in [3.63, 3.8) is 0 Å². The first-order chi connectivity index (χ1) is 14.6. The fraction of sp³-hybridized carbons (Fsp3) is 0.750. The molecule has 1 aromatic carbocycles. The first-order valence-electron chi connectivity index (χ1n) is 12.1. The number of rotatable bonds is 15. The number of unbranched alkanes of at least 4 members (excludes halogenated alkanes) is 4. The van der Waals surface area contributed by atoms with Crippen molar-refractivity contribution in [2.45, 2.75) is 97.2 Å². The first-order valence-corrected chi connectivity index (χ1v) is 16.3. The van der Waals surface area contributed by atoms with Crippen molar-refractivity contribution in [2.75, 3.05) is 24.6 Å². The van der Waals surface area contributed by atoms with Crippen LogP contribution in [-0.2, 0) is 10.1 Å². The van der Waals surface area contributed by atoms with Crippen LogP contribution in [0.1, 0.15) is 86.0 Å². The van der Waals surface area contributed by atoms with Crippen molar-refractivity contribution in [1.29, 1.82) is 0 Å². The van der Waals surface area contributed by atoms with Gasteiger partial charge in [-0.2, -0.15) is 8.42 Å². The van der Waals surface area contributed by atoms with E-state index in [0.717, 1.165) is 0 Å². The molecule has 0 aromatic heterocycles. The summed E-state index contributed by atoms with van der Waals surface area (Å²) in [6.07, 6.45) is 17.2. The van der Waals surface area contributed by atoms with Crippen molar-refractivity contribution in [3.8, 4) is 5.75 Å². The molecule has 2 N–H and O–H groups in total. The van der Waals surface area contributed by atoms with Gasteiger partial charge in [-0.05, 0) is 31.2 Å². The van der Waals surface area contributed by atoms with Crippen LogP contribution in [0.25, 0.3) is 0 Å². The molecule has 0 bridgehead atoms. The summed E-state index contributed by atoms with van der Waals surface area (Å²) in [4.78, 5) is -0.213. The molecule has 5 nitrogen and oxygen atoms in total.